The van der Waals surface area contributed by atoms with E-state index in [1.165, 1.54) is 35.0 Å². The fraction of sp³-hybridized carbons (Fsp3) is 0.731. The van der Waals surface area contributed by atoms with Gasteiger partial charge in [0, 0.05) is 6.54 Å². The molecule has 3 aliphatic rings. The number of amides is 3. The monoisotopic (exact) mass is 492 g/mol. The summed E-state index contributed by atoms with van der Waals surface area (Å²) in [5.74, 6) is 0.469. The standard InChI is InChI=1S/C18H24N4O5.2C4H10/c23-15-10-21-14(9-20(15)8-12-3-5-19-6-4-12)22(11-16(21)24)18(26)17(25)13-2-1-7-27-13;1-4(2)3;1-3-4-2/h1-2,7,12,14,17,19,25H,3-6,8-11H2;4H,1-3H3;3-4H2,1-2H3. The second-order valence-corrected chi connectivity index (χ2v) is 10.1. The van der Waals surface area contributed by atoms with Gasteiger partial charge in [-0.05, 0) is 49.9 Å². The van der Waals surface area contributed by atoms with E-state index >= 15 is 0 Å². The summed E-state index contributed by atoms with van der Waals surface area (Å²) < 4.78 is 5.11. The van der Waals surface area contributed by atoms with Gasteiger partial charge in [0.05, 0.1) is 12.8 Å². The second kappa shape index (κ2) is 14.2. The Morgan fingerprint density at radius 1 is 1.11 bits per heavy atom. The van der Waals surface area contributed by atoms with Gasteiger partial charge < -0.3 is 29.5 Å². The predicted octanol–water partition coefficient (Wildman–Crippen LogP) is 2.62. The number of rotatable bonds is 5. The maximum atomic E-state index is 12.7. The minimum absolute atomic E-state index is 0.0188. The minimum atomic E-state index is -1.46. The van der Waals surface area contributed by atoms with Gasteiger partial charge >= 0.3 is 0 Å². The van der Waals surface area contributed by atoms with Gasteiger partial charge in [-0.25, -0.2) is 0 Å². The van der Waals surface area contributed by atoms with E-state index in [2.05, 4.69) is 39.9 Å². The first kappa shape index (κ1) is 28.8. The molecule has 1 aromatic rings. The fourth-order valence-corrected chi connectivity index (χ4v) is 4.11. The summed E-state index contributed by atoms with van der Waals surface area (Å²) in [5.41, 5.74) is 0. The van der Waals surface area contributed by atoms with E-state index in [-0.39, 0.29) is 37.2 Å². The van der Waals surface area contributed by atoms with E-state index in [4.69, 9.17) is 4.42 Å². The number of piperidine rings is 1. The zero-order valence-electron chi connectivity index (χ0n) is 22.0. The van der Waals surface area contributed by atoms with Crippen molar-refractivity contribution in [1.29, 1.82) is 0 Å². The van der Waals surface area contributed by atoms with Crippen LogP contribution < -0.4 is 5.32 Å². The molecule has 2 atom stereocenters. The topological polar surface area (TPSA) is 106 Å². The zero-order valence-corrected chi connectivity index (χ0v) is 22.0. The Bertz CT molecular complexity index is 787. The Balaban J connectivity index is 0.000000473. The largest absolute Gasteiger partial charge is 0.466 e. The molecule has 9 nitrogen and oxygen atoms in total. The van der Waals surface area contributed by atoms with Gasteiger partial charge in [0.25, 0.3) is 5.91 Å². The van der Waals surface area contributed by atoms with Crippen LogP contribution in [0.5, 0.6) is 0 Å². The smallest absolute Gasteiger partial charge is 0.261 e. The van der Waals surface area contributed by atoms with Crippen LogP contribution in [0, 0.1) is 11.8 Å². The average molecular weight is 493 g/mol. The number of carbonyl (C=O) groups is 3. The van der Waals surface area contributed by atoms with E-state index in [0.717, 1.165) is 31.8 Å². The molecule has 0 aliphatic carbocycles. The van der Waals surface area contributed by atoms with Crippen molar-refractivity contribution in [2.75, 3.05) is 39.3 Å². The first-order valence-corrected chi connectivity index (χ1v) is 13.0. The van der Waals surface area contributed by atoms with E-state index in [1.54, 1.807) is 11.0 Å². The number of nitrogens with one attached hydrogen (secondary N) is 1. The summed E-state index contributed by atoms with van der Waals surface area (Å²) in [6.07, 6.45) is 4.05. The van der Waals surface area contributed by atoms with E-state index < -0.39 is 18.2 Å². The van der Waals surface area contributed by atoms with Crippen LogP contribution in [0.4, 0.5) is 0 Å². The van der Waals surface area contributed by atoms with Gasteiger partial charge in [-0.3, -0.25) is 14.4 Å². The number of aliphatic hydroxyl groups excluding tert-OH is 1. The highest BCUT2D eigenvalue weighted by molar-refractivity contribution is 5.94. The lowest BCUT2D eigenvalue weighted by molar-refractivity contribution is -0.152. The Kier molecular flexibility index (Phi) is 11.7. The lowest BCUT2D eigenvalue weighted by Crippen LogP contribution is -2.60. The van der Waals surface area contributed by atoms with Gasteiger partial charge in [0.15, 0.2) is 6.10 Å². The molecule has 3 fully saturated rings. The van der Waals surface area contributed by atoms with Crippen LogP contribution in [0.3, 0.4) is 0 Å². The molecule has 9 heteroatoms. The number of fused-ring (bicyclic) bond motifs is 1. The van der Waals surface area contributed by atoms with Crippen LogP contribution in [0.2, 0.25) is 0 Å². The van der Waals surface area contributed by atoms with E-state index in [0.29, 0.717) is 12.5 Å². The maximum absolute atomic E-state index is 12.7. The molecule has 4 rings (SSSR count). The van der Waals surface area contributed by atoms with Crippen molar-refractivity contribution in [3.8, 4) is 0 Å². The number of furan rings is 1. The summed E-state index contributed by atoms with van der Waals surface area (Å²) in [7, 11) is 0. The van der Waals surface area contributed by atoms with Crippen LogP contribution in [-0.2, 0) is 14.4 Å². The number of piperazine rings is 1. The summed E-state index contributed by atoms with van der Waals surface area (Å²) in [5, 5.41) is 13.6. The van der Waals surface area contributed by atoms with Crippen LogP contribution in [0.15, 0.2) is 22.8 Å². The lowest BCUT2D eigenvalue weighted by Gasteiger charge is -2.41. The molecule has 0 aromatic carbocycles. The van der Waals surface area contributed by atoms with Gasteiger partial charge in [0.2, 0.25) is 11.8 Å². The molecule has 4 heterocycles. The molecular formula is C26H44N4O5. The number of aliphatic hydroxyl groups is 1. The van der Waals surface area contributed by atoms with Gasteiger partial charge in [-0.2, -0.15) is 0 Å². The highest BCUT2D eigenvalue weighted by Gasteiger charge is 2.47. The summed E-state index contributed by atoms with van der Waals surface area (Å²) in [6.45, 7) is 13.5. The zero-order chi connectivity index (χ0) is 26.0. The molecule has 2 N–H and O–H groups in total. The average Bonchev–Trinajstić information content (AvgIpc) is 3.48. The Hall–Kier alpha value is -2.39. The summed E-state index contributed by atoms with van der Waals surface area (Å²) in [4.78, 5) is 42.1. The Morgan fingerprint density at radius 2 is 1.74 bits per heavy atom. The molecule has 3 amide bonds. The molecule has 2 unspecified atom stereocenters. The van der Waals surface area contributed by atoms with E-state index in [9.17, 15) is 19.5 Å². The molecule has 0 bridgehead atoms. The SMILES string of the molecule is CC(C)C.CCCC.O=C1CN2C(=O)CN(C(=O)C(O)c3ccco3)C2CN1CC1CCNCC1. The summed E-state index contributed by atoms with van der Waals surface area (Å²) in [6, 6.07) is 3.11. The van der Waals surface area contributed by atoms with Crippen molar-refractivity contribution in [3.63, 3.8) is 0 Å². The van der Waals surface area contributed by atoms with Crippen molar-refractivity contribution in [3.05, 3.63) is 24.2 Å². The van der Waals surface area contributed by atoms with Crippen LogP contribution in [0.1, 0.15) is 72.2 Å². The molecule has 0 spiro atoms. The van der Waals surface area contributed by atoms with Crippen molar-refractivity contribution in [2.24, 2.45) is 11.8 Å². The Labute approximate surface area is 209 Å². The molecule has 35 heavy (non-hydrogen) atoms. The minimum Gasteiger partial charge on any atom is -0.466 e. The number of carbonyl (C=O) groups excluding carboxylic acids is 3. The molecule has 3 saturated heterocycles. The molecule has 1 aromatic heterocycles. The van der Waals surface area contributed by atoms with Crippen LogP contribution in [0.25, 0.3) is 0 Å². The number of hydrogen-bond donors (Lipinski definition) is 2. The molecular weight excluding hydrogens is 448 g/mol. The Morgan fingerprint density at radius 3 is 2.29 bits per heavy atom. The van der Waals surface area contributed by atoms with E-state index in [1.807, 2.05) is 0 Å². The highest BCUT2D eigenvalue weighted by atomic mass is 16.4. The van der Waals surface area contributed by atoms with Crippen LogP contribution >= 0.6 is 0 Å². The van der Waals surface area contributed by atoms with Gasteiger partial charge in [0.1, 0.15) is 25.0 Å². The lowest BCUT2D eigenvalue weighted by atomic mass is 9.97. The third kappa shape index (κ3) is 8.35. The number of unbranched alkanes of at least 4 members (excludes halogenated alkanes) is 1. The fourth-order valence-electron chi connectivity index (χ4n) is 4.11. The summed E-state index contributed by atoms with van der Waals surface area (Å²) >= 11 is 0. The first-order valence-electron chi connectivity index (χ1n) is 13.0. The molecule has 0 saturated carbocycles. The second-order valence-electron chi connectivity index (χ2n) is 10.1. The van der Waals surface area contributed by atoms with Crippen molar-refractivity contribution < 1.29 is 23.9 Å². The quantitative estimate of drug-likeness (QED) is 0.655. The van der Waals surface area contributed by atoms with Gasteiger partial charge in [-0.15, -0.1) is 0 Å². The van der Waals surface area contributed by atoms with Crippen molar-refractivity contribution >= 4 is 17.7 Å². The normalized spacial score (nSPS) is 21.2. The number of hydrogen-bond acceptors (Lipinski definition) is 6. The van der Waals surface area contributed by atoms with Gasteiger partial charge in [-0.1, -0.05) is 47.5 Å². The number of nitrogens with zero attached hydrogens (tertiary/aromatic N) is 3. The molecule has 0 radical (unpaired) electrons. The van der Waals surface area contributed by atoms with Crippen molar-refractivity contribution in [2.45, 2.75) is 72.6 Å². The van der Waals surface area contributed by atoms with Crippen molar-refractivity contribution in [1.82, 2.24) is 20.0 Å². The maximum Gasteiger partial charge on any atom is 0.261 e. The molecule has 3 aliphatic heterocycles. The van der Waals surface area contributed by atoms with Crippen LogP contribution in [-0.4, -0.2) is 83.0 Å². The predicted molar refractivity (Wildman–Crippen MR) is 134 cm³/mol. The first-order chi connectivity index (χ1) is 16.7. The molecule has 198 valence electrons. The third-order valence-corrected chi connectivity index (χ3v) is 6.15. The highest BCUT2D eigenvalue weighted by Crippen LogP contribution is 2.27. The third-order valence-electron chi connectivity index (χ3n) is 6.15.